The van der Waals surface area contributed by atoms with E-state index in [9.17, 15) is 9.59 Å². The number of esters is 1. The molecule has 0 saturated heterocycles. The molecule has 136 valence electrons. The van der Waals surface area contributed by atoms with E-state index in [0.29, 0.717) is 18.6 Å². The van der Waals surface area contributed by atoms with E-state index in [1.54, 1.807) is 12.1 Å². The van der Waals surface area contributed by atoms with Crippen molar-refractivity contribution in [2.45, 2.75) is 19.8 Å². The van der Waals surface area contributed by atoms with Crippen LogP contribution in [0.4, 0.5) is 5.69 Å². The molecule has 0 atom stereocenters. The number of amides is 1. The summed E-state index contributed by atoms with van der Waals surface area (Å²) >= 11 is 0. The summed E-state index contributed by atoms with van der Waals surface area (Å²) in [5, 5.41) is 2.80. The van der Waals surface area contributed by atoms with Crippen LogP contribution in [0.1, 0.15) is 17.5 Å². The summed E-state index contributed by atoms with van der Waals surface area (Å²) in [7, 11) is 0. The molecule has 1 N–H and O–H groups in total. The van der Waals surface area contributed by atoms with Gasteiger partial charge < -0.3 is 19.5 Å². The van der Waals surface area contributed by atoms with Gasteiger partial charge >= 0.3 is 5.97 Å². The average molecular weight is 355 g/mol. The Kier molecular flexibility index (Phi) is 5.73. The molecule has 6 heteroatoms. The number of aryl methyl sites for hydroxylation is 2. The molecule has 1 heterocycles. The van der Waals surface area contributed by atoms with Gasteiger partial charge in [0.2, 0.25) is 5.91 Å². The van der Waals surface area contributed by atoms with Gasteiger partial charge in [-0.2, -0.15) is 0 Å². The van der Waals surface area contributed by atoms with Crippen LogP contribution in [0.25, 0.3) is 0 Å². The normalized spacial score (nSPS) is 12.7. The zero-order valence-corrected chi connectivity index (χ0v) is 14.6. The second-order valence-corrected chi connectivity index (χ2v) is 6.04. The molecular formula is C20H21NO5. The quantitative estimate of drug-likeness (QED) is 0.611. The molecule has 0 radical (unpaired) electrons. The van der Waals surface area contributed by atoms with Crippen molar-refractivity contribution < 1.29 is 23.8 Å². The minimum absolute atomic E-state index is 0.0163. The molecule has 0 fully saturated rings. The van der Waals surface area contributed by atoms with E-state index >= 15 is 0 Å². The Labute approximate surface area is 152 Å². The Morgan fingerprint density at radius 3 is 2.73 bits per heavy atom. The summed E-state index contributed by atoms with van der Waals surface area (Å²) in [6.45, 7) is 2.26. The molecule has 3 rings (SSSR count). The smallest absolute Gasteiger partial charge is 0.344 e. The third kappa shape index (κ3) is 4.99. The SMILES string of the molecule is Cc1cccc(OCCOC(=O)COc2ccc3c(c2)CCC(=O)N3)c1. The fourth-order valence-electron chi connectivity index (χ4n) is 2.65. The van der Waals surface area contributed by atoms with Crippen LogP contribution < -0.4 is 14.8 Å². The Balaban J connectivity index is 1.38. The number of carbonyl (C=O) groups is 2. The van der Waals surface area contributed by atoms with E-state index in [1.165, 1.54) is 0 Å². The summed E-state index contributed by atoms with van der Waals surface area (Å²) in [5.74, 6) is 0.887. The van der Waals surface area contributed by atoms with Crippen LogP contribution in [0.5, 0.6) is 11.5 Å². The Morgan fingerprint density at radius 2 is 1.88 bits per heavy atom. The number of nitrogens with one attached hydrogen (secondary N) is 1. The maximum absolute atomic E-state index is 11.8. The lowest BCUT2D eigenvalue weighted by atomic mass is 10.0. The molecule has 1 aliphatic heterocycles. The van der Waals surface area contributed by atoms with Crippen LogP contribution in [0, 0.1) is 6.92 Å². The van der Waals surface area contributed by atoms with Gasteiger partial charge in [0.15, 0.2) is 6.61 Å². The van der Waals surface area contributed by atoms with Crippen molar-refractivity contribution in [3.63, 3.8) is 0 Å². The fourth-order valence-corrected chi connectivity index (χ4v) is 2.65. The predicted molar refractivity (Wildman–Crippen MR) is 96.5 cm³/mol. The highest BCUT2D eigenvalue weighted by atomic mass is 16.6. The average Bonchev–Trinajstić information content (AvgIpc) is 2.63. The van der Waals surface area contributed by atoms with Gasteiger partial charge in [-0.25, -0.2) is 4.79 Å². The molecule has 2 aromatic carbocycles. The third-order valence-corrected chi connectivity index (χ3v) is 3.93. The number of anilines is 1. The number of hydrogen-bond donors (Lipinski definition) is 1. The van der Waals surface area contributed by atoms with Crippen molar-refractivity contribution in [3.8, 4) is 11.5 Å². The first-order chi connectivity index (χ1) is 12.6. The van der Waals surface area contributed by atoms with Crippen LogP contribution in [0.2, 0.25) is 0 Å². The first-order valence-electron chi connectivity index (χ1n) is 8.51. The molecule has 0 spiro atoms. The van der Waals surface area contributed by atoms with Crippen molar-refractivity contribution in [1.29, 1.82) is 0 Å². The van der Waals surface area contributed by atoms with Gasteiger partial charge in [-0.3, -0.25) is 4.79 Å². The molecule has 26 heavy (non-hydrogen) atoms. The lowest BCUT2D eigenvalue weighted by Gasteiger charge is -2.17. The van der Waals surface area contributed by atoms with Gasteiger partial charge in [0.25, 0.3) is 0 Å². The lowest BCUT2D eigenvalue weighted by Crippen LogP contribution is -2.20. The predicted octanol–water partition coefficient (Wildman–Crippen LogP) is 2.88. The van der Waals surface area contributed by atoms with E-state index in [1.807, 2.05) is 37.3 Å². The summed E-state index contributed by atoms with van der Waals surface area (Å²) < 4.78 is 16.1. The maximum Gasteiger partial charge on any atom is 0.344 e. The second kappa shape index (κ2) is 8.38. The number of benzene rings is 2. The first-order valence-corrected chi connectivity index (χ1v) is 8.51. The molecular weight excluding hydrogens is 334 g/mol. The summed E-state index contributed by atoms with van der Waals surface area (Å²) in [6, 6.07) is 13.0. The summed E-state index contributed by atoms with van der Waals surface area (Å²) in [5.41, 5.74) is 2.91. The minimum Gasteiger partial charge on any atom is -0.490 e. The molecule has 0 aliphatic carbocycles. The van der Waals surface area contributed by atoms with Crippen molar-refractivity contribution >= 4 is 17.6 Å². The first kappa shape index (κ1) is 17.8. The highest BCUT2D eigenvalue weighted by Gasteiger charge is 2.15. The van der Waals surface area contributed by atoms with Crippen molar-refractivity contribution in [1.82, 2.24) is 0 Å². The van der Waals surface area contributed by atoms with E-state index in [-0.39, 0.29) is 25.7 Å². The van der Waals surface area contributed by atoms with E-state index < -0.39 is 5.97 Å². The van der Waals surface area contributed by atoms with Gasteiger partial charge in [-0.05, 0) is 54.8 Å². The number of fused-ring (bicyclic) bond motifs is 1. The monoisotopic (exact) mass is 355 g/mol. The number of rotatable bonds is 7. The standard InChI is InChI=1S/C20H21NO5/c1-14-3-2-4-16(11-14)24-9-10-25-20(23)13-26-17-6-7-18-15(12-17)5-8-19(22)21-18/h2-4,6-7,11-12H,5,8-10,13H2,1H3,(H,21,22). The maximum atomic E-state index is 11.8. The van der Waals surface area contributed by atoms with E-state index in [4.69, 9.17) is 14.2 Å². The number of ether oxygens (including phenoxy) is 3. The van der Waals surface area contributed by atoms with Crippen LogP contribution in [-0.2, 0) is 20.7 Å². The minimum atomic E-state index is -0.455. The Hall–Kier alpha value is -3.02. The molecule has 1 amide bonds. The third-order valence-electron chi connectivity index (χ3n) is 3.93. The van der Waals surface area contributed by atoms with Gasteiger partial charge in [0.1, 0.15) is 24.7 Å². The summed E-state index contributed by atoms with van der Waals surface area (Å²) in [6.07, 6.45) is 1.12. The highest BCUT2D eigenvalue weighted by molar-refractivity contribution is 5.94. The summed E-state index contributed by atoms with van der Waals surface area (Å²) in [4.78, 5) is 23.1. The second-order valence-electron chi connectivity index (χ2n) is 6.04. The molecule has 0 unspecified atom stereocenters. The zero-order chi connectivity index (χ0) is 18.4. The topological polar surface area (TPSA) is 73.9 Å². The van der Waals surface area contributed by atoms with Gasteiger partial charge in [0.05, 0.1) is 0 Å². The van der Waals surface area contributed by atoms with Crippen molar-refractivity contribution in [2.24, 2.45) is 0 Å². The van der Waals surface area contributed by atoms with Crippen LogP contribution in [0.3, 0.4) is 0 Å². The molecule has 0 bridgehead atoms. The Bertz CT molecular complexity index is 803. The molecule has 6 nitrogen and oxygen atoms in total. The molecule has 0 saturated carbocycles. The highest BCUT2D eigenvalue weighted by Crippen LogP contribution is 2.26. The molecule has 0 aromatic heterocycles. The van der Waals surface area contributed by atoms with Crippen LogP contribution in [0.15, 0.2) is 42.5 Å². The van der Waals surface area contributed by atoms with Gasteiger partial charge in [0, 0.05) is 12.1 Å². The largest absolute Gasteiger partial charge is 0.490 e. The van der Waals surface area contributed by atoms with Crippen molar-refractivity contribution in [3.05, 3.63) is 53.6 Å². The molecule has 1 aliphatic rings. The van der Waals surface area contributed by atoms with E-state index in [0.717, 1.165) is 22.6 Å². The lowest BCUT2D eigenvalue weighted by molar-refractivity contribution is -0.146. The number of hydrogen-bond acceptors (Lipinski definition) is 5. The van der Waals surface area contributed by atoms with Gasteiger partial charge in [-0.1, -0.05) is 12.1 Å². The van der Waals surface area contributed by atoms with Crippen LogP contribution in [-0.4, -0.2) is 31.7 Å². The fraction of sp³-hybridized carbons (Fsp3) is 0.300. The Morgan fingerprint density at radius 1 is 1.04 bits per heavy atom. The van der Waals surface area contributed by atoms with E-state index in [2.05, 4.69) is 5.32 Å². The number of carbonyl (C=O) groups excluding carboxylic acids is 2. The van der Waals surface area contributed by atoms with Crippen LogP contribution >= 0.6 is 0 Å². The zero-order valence-electron chi connectivity index (χ0n) is 14.6. The van der Waals surface area contributed by atoms with Gasteiger partial charge in [-0.15, -0.1) is 0 Å². The molecule has 2 aromatic rings. The van der Waals surface area contributed by atoms with Crippen molar-refractivity contribution in [2.75, 3.05) is 25.1 Å².